The number of H-pyrrole nitrogens is 1. The summed E-state index contributed by atoms with van der Waals surface area (Å²) in [5, 5.41) is 0. The van der Waals surface area contributed by atoms with Crippen LogP contribution in [-0.4, -0.2) is 9.97 Å². The van der Waals surface area contributed by atoms with E-state index >= 15 is 0 Å². The number of nitrogens with one attached hydrogen (secondary N) is 1. The van der Waals surface area contributed by atoms with Crippen molar-refractivity contribution in [2.45, 2.75) is 6.92 Å². The Morgan fingerprint density at radius 1 is 1.33 bits per heavy atom. The summed E-state index contributed by atoms with van der Waals surface area (Å²) in [4.78, 5) is 7.20. The predicted octanol–water partition coefficient (Wildman–Crippen LogP) is 4.05. The molecule has 0 bridgehead atoms. The number of benzene rings is 1. The third-order valence-corrected chi connectivity index (χ3v) is 3.03. The van der Waals surface area contributed by atoms with Gasteiger partial charge in [-0.25, -0.2) is 9.37 Å². The van der Waals surface area contributed by atoms with E-state index < -0.39 is 0 Å². The normalized spacial score (nSPS) is 10.7. The molecule has 1 aromatic carbocycles. The van der Waals surface area contributed by atoms with Crippen LogP contribution in [0, 0.1) is 12.7 Å². The van der Waals surface area contributed by atoms with E-state index in [9.17, 15) is 4.39 Å². The molecule has 1 N–H and O–H groups in total. The van der Waals surface area contributed by atoms with Crippen LogP contribution >= 0.6 is 31.9 Å². The van der Waals surface area contributed by atoms with Gasteiger partial charge < -0.3 is 4.98 Å². The number of aromatic amines is 1. The lowest BCUT2D eigenvalue weighted by molar-refractivity contribution is 0.630. The minimum absolute atomic E-state index is 0.287. The summed E-state index contributed by atoms with van der Waals surface area (Å²) in [5.41, 5.74) is 1.06. The molecule has 2 aromatic rings. The lowest BCUT2D eigenvalue weighted by atomic mass is 10.1. The van der Waals surface area contributed by atoms with E-state index in [4.69, 9.17) is 0 Å². The maximum atomic E-state index is 13.5. The number of rotatable bonds is 1. The zero-order chi connectivity index (χ0) is 11.0. The molecule has 15 heavy (non-hydrogen) atoms. The van der Waals surface area contributed by atoms with Crippen LogP contribution < -0.4 is 0 Å². The number of halogens is 3. The Morgan fingerprint density at radius 2 is 2.07 bits per heavy atom. The zero-order valence-electron chi connectivity index (χ0n) is 7.81. The molecule has 0 aliphatic heterocycles. The summed E-state index contributed by atoms with van der Waals surface area (Å²) in [6.45, 7) is 1.82. The van der Waals surface area contributed by atoms with Crippen molar-refractivity contribution in [3.63, 3.8) is 0 Å². The average molecular weight is 334 g/mol. The summed E-state index contributed by atoms with van der Waals surface area (Å²) in [5.74, 6) is 0.460. The SMILES string of the molecule is Cc1nc(-c2cc(Br)ccc2F)c(Br)[nH]1. The van der Waals surface area contributed by atoms with Crippen LogP contribution in [0.15, 0.2) is 27.3 Å². The maximum absolute atomic E-state index is 13.5. The lowest BCUT2D eigenvalue weighted by Crippen LogP contribution is -1.85. The third kappa shape index (κ3) is 2.13. The van der Waals surface area contributed by atoms with Gasteiger partial charge in [0.25, 0.3) is 0 Å². The highest BCUT2D eigenvalue weighted by molar-refractivity contribution is 9.10. The summed E-state index contributed by atoms with van der Waals surface area (Å²) >= 11 is 6.62. The van der Waals surface area contributed by atoms with Crippen LogP contribution in [0.5, 0.6) is 0 Å². The van der Waals surface area contributed by atoms with E-state index in [1.54, 1.807) is 12.1 Å². The molecule has 0 radical (unpaired) electrons. The molecule has 0 unspecified atom stereocenters. The van der Waals surface area contributed by atoms with Crippen LogP contribution in [-0.2, 0) is 0 Å². The predicted molar refractivity (Wildman–Crippen MR) is 64.1 cm³/mol. The molecule has 2 rings (SSSR count). The van der Waals surface area contributed by atoms with Gasteiger partial charge in [0, 0.05) is 10.0 Å². The third-order valence-electron chi connectivity index (χ3n) is 1.96. The Bertz CT molecular complexity index is 508. The highest BCUT2D eigenvalue weighted by Gasteiger charge is 2.12. The molecule has 1 heterocycles. The number of hydrogen-bond donors (Lipinski definition) is 1. The van der Waals surface area contributed by atoms with E-state index in [0.717, 1.165) is 10.3 Å². The second-order valence-corrected chi connectivity index (χ2v) is 4.82. The number of imidazole rings is 1. The Kier molecular flexibility index (Phi) is 2.93. The van der Waals surface area contributed by atoms with Gasteiger partial charge in [0.05, 0.1) is 0 Å². The lowest BCUT2D eigenvalue weighted by Gasteiger charge is -2.00. The van der Waals surface area contributed by atoms with E-state index in [2.05, 4.69) is 41.8 Å². The second-order valence-electron chi connectivity index (χ2n) is 3.11. The molecular weight excluding hydrogens is 327 g/mol. The van der Waals surface area contributed by atoms with Crippen molar-refractivity contribution in [1.29, 1.82) is 0 Å². The van der Waals surface area contributed by atoms with E-state index in [0.29, 0.717) is 15.9 Å². The molecule has 5 heteroatoms. The minimum atomic E-state index is -0.287. The van der Waals surface area contributed by atoms with Gasteiger partial charge in [-0.15, -0.1) is 0 Å². The molecule has 0 aliphatic carbocycles. The zero-order valence-corrected chi connectivity index (χ0v) is 11.0. The fraction of sp³-hybridized carbons (Fsp3) is 0.100. The molecule has 2 nitrogen and oxygen atoms in total. The molecule has 0 aliphatic rings. The molecule has 0 spiro atoms. The number of aryl methyl sites for hydroxylation is 1. The first-order valence-corrected chi connectivity index (χ1v) is 5.84. The summed E-state index contributed by atoms with van der Waals surface area (Å²) in [6.07, 6.45) is 0. The van der Waals surface area contributed by atoms with E-state index in [-0.39, 0.29) is 5.82 Å². The van der Waals surface area contributed by atoms with Crippen molar-refractivity contribution in [1.82, 2.24) is 9.97 Å². The maximum Gasteiger partial charge on any atom is 0.132 e. The van der Waals surface area contributed by atoms with Gasteiger partial charge in [0.15, 0.2) is 0 Å². The van der Waals surface area contributed by atoms with Crippen LogP contribution in [0.3, 0.4) is 0 Å². The fourth-order valence-electron chi connectivity index (χ4n) is 1.32. The molecule has 0 saturated heterocycles. The molecule has 0 amide bonds. The Labute approximate surface area is 103 Å². The largest absolute Gasteiger partial charge is 0.336 e. The van der Waals surface area contributed by atoms with Gasteiger partial charge in [-0.2, -0.15) is 0 Å². The van der Waals surface area contributed by atoms with Crippen molar-refractivity contribution in [2.24, 2.45) is 0 Å². The van der Waals surface area contributed by atoms with Gasteiger partial charge in [-0.1, -0.05) is 15.9 Å². The van der Waals surface area contributed by atoms with Crippen molar-refractivity contribution >= 4 is 31.9 Å². The average Bonchev–Trinajstić information content (AvgIpc) is 2.50. The van der Waals surface area contributed by atoms with Crippen molar-refractivity contribution in [3.05, 3.63) is 38.9 Å². The highest BCUT2D eigenvalue weighted by atomic mass is 79.9. The minimum Gasteiger partial charge on any atom is -0.336 e. The van der Waals surface area contributed by atoms with Crippen molar-refractivity contribution in [2.75, 3.05) is 0 Å². The van der Waals surface area contributed by atoms with Gasteiger partial charge in [0.1, 0.15) is 21.9 Å². The quantitative estimate of drug-likeness (QED) is 0.838. The second kappa shape index (κ2) is 4.06. The summed E-state index contributed by atoms with van der Waals surface area (Å²) < 4.78 is 15.1. The first kappa shape index (κ1) is 10.8. The van der Waals surface area contributed by atoms with Crippen LogP contribution in [0.2, 0.25) is 0 Å². The van der Waals surface area contributed by atoms with Crippen LogP contribution in [0.1, 0.15) is 5.82 Å². The summed E-state index contributed by atoms with van der Waals surface area (Å²) in [7, 11) is 0. The van der Waals surface area contributed by atoms with Gasteiger partial charge in [-0.3, -0.25) is 0 Å². The standard InChI is InChI=1S/C10H7Br2FN2/c1-5-14-9(10(12)15-5)7-4-6(11)2-3-8(7)13/h2-4H,1H3,(H,14,15). The topological polar surface area (TPSA) is 28.7 Å². The smallest absolute Gasteiger partial charge is 0.132 e. The van der Waals surface area contributed by atoms with Crippen LogP contribution in [0.25, 0.3) is 11.3 Å². The number of aromatic nitrogens is 2. The molecule has 0 fully saturated rings. The van der Waals surface area contributed by atoms with E-state index in [1.807, 2.05) is 6.92 Å². The molecular formula is C10H7Br2FN2. The number of nitrogens with zero attached hydrogens (tertiary/aromatic N) is 1. The molecule has 0 saturated carbocycles. The van der Waals surface area contributed by atoms with Gasteiger partial charge in [-0.05, 0) is 41.1 Å². The van der Waals surface area contributed by atoms with Gasteiger partial charge >= 0.3 is 0 Å². The van der Waals surface area contributed by atoms with E-state index in [1.165, 1.54) is 6.07 Å². The number of hydrogen-bond acceptors (Lipinski definition) is 1. The fourth-order valence-corrected chi connectivity index (χ4v) is 2.27. The Morgan fingerprint density at radius 3 is 2.67 bits per heavy atom. The van der Waals surface area contributed by atoms with Crippen LogP contribution in [0.4, 0.5) is 4.39 Å². The molecule has 1 aromatic heterocycles. The molecule has 78 valence electrons. The molecule has 0 atom stereocenters. The Hall–Kier alpha value is -0.680. The summed E-state index contributed by atoms with van der Waals surface area (Å²) in [6, 6.07) is 4.78. The highest BCUT2D eigenvalue weighted by Crippen LogP contribution is 2.30. The first-order chi connectivity index (χ1) is 7.08. The van der Waals surface area contributed by atoms with Crippen molar-refractivity contribution in [3.8, 4) is 11.3 Å². The Balaban J connectivity index is 2.62. The first-order valence-electron chi connectivity index (χ1n) is 4.25. The van der Waals surface area contributed by atoms with Gasteiger partial charge in [0.2, 0.25) is 0 Å². The monoisotopic (exact) mass is 332 g/mol. The van der Waals surface area contributed by atoms with Crippen molar-refractivity contribution < 1.29 is 4.39 Å².